The standard InChI is InChI=1S/C21H27ClN4/c1-3-8-16(9-4-2)10-7-13-20-23-14-17(22)21(25-20)26-15-24-18-11-5-6-12-19(18)26/h5-6,11-12,14-16H,3-4,7-10,13H2,1-2H3. The van der Waals surface area contributed by atoms with E-state index in [1.807, 2.05) is 28.8 Å². The lowest BCUT2D eigenvalue weighted by Crippen LogP contribution is -2.05. The Balaban J connectivity index is 1.74. The van der Waals surface area contributed by atoms with Crippen molar-refractivity contribution in [1.29, 1.82) is 0 Å². The van der Waals surface area contributed by atoms with E-state index in [1.165, 1.54) is 32.1 Å². The fourth-order valence-corrected chi connectivity index (χ4v) is 3.79. The zero-order valence-electron chi connectivity index (χ0n) is 15.7. The van der Waals surface area contributed by atoms with Crippen molar-refractivity contribution in [3.63, 3.8) is 0 Å². The van der Waals surface area contributed by atoms with E-state index in [-0.39, 0.29) is 0 Å². The molecule has 0 aliphatic heterocycles. The lowest BCUT2D eigenvalue weighted by Gasteiger charge is -2.14. The minimum Gasteiger partial charge on any atom is -0.282 e. The molecule has 138 valence electrons. The van der Waals surface area contributed by atoms with Gasteiger partial charge in [-0.25, -0.2) is 15.0 Å². The van der Waals surface area contributed by atoms with Crippen LogP contribution in [0.15, 0.2) is 36.8 Å². The molecular weight excluding hydrogens is 344 g/mol. The predicted molar refractivity (Wildman–Crippen MR) is 108 cm³/mol. The lowest BCUT2D eigenvalue weighted by atomic mass is 9.92. The highest BCUT2D eigenvalue weighted by Crippen LogP contribution is 2.24. The summed E-state index contributed by atoms with van der Waals surface area (Å²) in [5, 5.41) is 0.548. The lowest BCUT2D eigenvalue weighted by molar-refractivity contribution is 0.399. The molecule has 0 atom stereocenters. The highest BCUT2D eigenvalue weighted by molar-refractivity contribution is 6.32. The SMILES string of the molecule is CCCC(CCC)CCCc1ncc(Cl)c(-n2cnc3ccccc32)n1. The molecule has 5 heteroatoms. The van der Waals surface area contributed by atoms with Gasteiger partial charge in [0, 0.05) is 6.42 Å². The summed E-state index contributed by atoms with van der Waals surface area (Å²) in [5.74, 6) is 2.40. The molecule has 2 aromatic heterocycles. The number of hydrogen-bond acceptors (Lipinski definition) is 3. The van der Waals surface area contributed by atoms with Gasteiger partial charge in [0.05, 0.1) is 17.2 Å². The maximum absolute atomic E-state index is 6.38. The number of hydrogen-bond donors (Lipinski definition) is 0. The van der Waals surface area contributed by atoms with Crippen LogP contribution < -0.4 is 0 Å². The molecule has 4 nitrogen and oxygen atoms in total. The first-order valence-corrected chi connectivity index (χ1v) is 10.0. The Bertz CT molecular complexity index is 837. The molecular formula is C21H27ClN4. The first-order chi connectivity index (χ1) is 12.7. The molecule has 0 spiro atoms. The van der Waals surface area contributed by atoms with Crippen molar-refractivity contribution in [2.75, 3.05) is 0 Å². The molecule has 0 bridgehead atoms. The number of imidazole rings is 1. The molecule has 0 amide bonds. The number of halogens is 1. The van der Waals surface area contributed by atoms with E-state index >= 15 is 0 Å². The van der Waals surface area contributed by atoms with Crippen molar-refractivity contribution >= 4 is 22.6 Å². The van der Waals surface area contributed by atoms with Gasteiger partial charge in [-0.15, -0.1) is 0 Å². The fourth-order valence-electron chi connectivity index (χ4n) is 3.61. The summed E-state index contributed by atoms with van der Waals surface area (Å²) in [6.07, 6.45) is 11.9. The topological polar surface area (TPSA) is 43.6 Å². The van der Waals surface area contributed by atoms with E-state index in [0.717, 1.165) is 35.6 Å². The van der Waals surface area contributed by atoms with Crippen LogP contribution in [0.3, 0.4) is 0 Å². The summed E-state index contributed by atoms with van der Waals surface area (Å²) in [4.78, 5) is 13.6. The largest absolute Gasteiger partial charge is 0.282 e. The number of fused-ring (bicyclic) bond motifs is 1. The van der Waals surface area contributed by atoms with Gasteiger partial charge in [0.1, 0.15) is 17.2 Å². The van der Waals surface area contributed by atoms with Gasteiger partial charge in [0.25, 0.3) is 0 Å². The molecule has 0 unspecified atom stereocenters. The van der Waals surface area contributed by atoms with E-state index in [2.05, 4.69) is 23.8 Å². The summed E-state index contributed by atoms with van der Waals surface area (Å²) in [7, 11) is 0. The minimum atomic E-state index is 0.548. The Morgan fingerprint density at radius 1 is 1.04 bits per heavy atom. The summed E-state index contributed by atoms with van der Waals surface area (Å²) >= 11 is 6.38. The second-order valence-corrected chi connectivity index (χ2v) is 7.30. The number of rotatable bonds is 9. The maximum Gasteiger partial charge on any atom is 0.160 e. The van der Waals surface area contributed by atoms with Crippen LogP contribution in [-0.4, -0.2) is 19.5 Å². The third-order valence-corrected chi connectivity index (χ3v) is 5.13. The van der Waals surface area contributed by atoms with Crippen LogP contribution in [0.5, 0.6) is 0 Å². The van der Waals surface area contributed by atoms with Crippen LogP contribution in [-0.2, 0) is 6.42 Å². The summed E-state index contributed by atoms with van der Waals surface area (Å²) in [5.41, 5.74) is 1.94. The molecule has 0 saturated heterocycles. The normalized spacial score (nSPS) is 11.5. The molecule has 0 fully saturated rings. The monoisotopic (exact) mass is 370 g/mol. The molecule has 0 N–H and O–H groups in total. The van der Waals surface area contributed by atoms with Gasteiger partial charge in [-0.1, -0.05) is 69.7 Å². The number of para-hydroxylation sites is 2. The van der Waals surface area contributed by atoms with Crippen molar-refractivity contribution < 1.29 is 0 Å². The maximum atomic E-state index is 6.38. The number of aromatic nitrogens is 4. The van der Waals surface area contributed by atoms with Gasteiger partial charge in [0.2, 0.25) is 0 Å². The summed E-state index contributed by atoms with van der Waals surface area (Å²) in [6, 6.07) is 8.00. The molecule has 0 saturated carbocycles. The Hall–Kier alpha value is -1.94. The highest BCUT2D eigenvalue weighted by atomic mass is 35.5. The van der Waals surface area contributed by atoms with Crippen LogP contribution in [0.1, 0.15) is 58.2 Å². The van der Waals surface area contributed by atoms with Crippen LogP contribution in [0.2, 0.25) is 5.02 Å². The Kier molecular flexibility index (Phi) is 6.62. The van der Waals surface area contributed by atoms with Crippen molar-refractivity contribution in [3.05, 3.63) is 47.6 Å². The van der Waals surface area contributed by atoms with Gasteiger partial charge in [0.15, 0.2) is 5.82 Å². The number of benzene rings is 1. The van der Waals surface area contributed by atoms with Crippen molar-refractivity contribution in [2.45, 2.75) is 58.8 Å². The van der Waals surface area contributed by atoms with E-state index in [4.69, 9.17) is 16.6 Å². The third kappa shape index (κ3) is 4.42. The Morgan fingerprint density at radius 3 is 2.58 bits per heavy atom. The Morgan fingerprint density at radius 2 is 1.81 bits per heavy atom. The molecule has 1 aromatic carbocycles. The Labute approximate surface area is 160 Å². The zero-order valence-corrected chi connectivity index (χ0v) is 16.4. The average Bonchev–Trinajstić information content (AvgIpc) is 3.07. The van der Waals surface area contributed by atoms with Gasteiger partial charge in [-0.3, -0.25) is 4.57 Å². The number of nitrogens with zero attached hydrogens (tertiary/aromatic N) is 4. The molecule has 0 aliphatic carbocycles. The van der Waals surface area contributed by atoms with Crippen molar-refractivity contribution in [1.82, 2.24) is 19.5 Å². The summed E-state index contributed by atoms with van der Waals surface area (Å²) < 4.78 is 1.94. The van der Waals surface area contributed by atoms with E-state index in [0.29, 0.717) is 10.8 Å². The fraction of sp³-hybridized carbons (Fsp3) is 0.476. The van der Waals surface area contributed by atoms with Crippen LogP contribution in [0.4, 0.5) is 0 Å². The van der Waals surface area contributed by atoms with Crippen LogP contribution >= 0.6 is 11.6 Å². The van der Waals surface area contributed by atoms with E-state index < -0.39 is 0 Å². The molecule has 3 aromatic rings. The first-order valence-electron chi connectivity index (χ1n) is 9.66. The number of aryl methyl sites for hydroxylation is 1. The zero-order chi connectivity index (χ0) is 18.4. The van der Waals surface area contributed by atoms with Crippen LogP contribution in [0, 0.1) is 5.92 Å². The smallest absolute Gasteiger partial charge is 0.160 e. The molecule has 26 heavy (non-hydrogen) atoms. The molecule has 0 radical (unpaired) electrons. The van der Waals surface area contributed by atoms with E-state index in [1.54, 1.807) is 12.5 Å². The third-order valence-electron chi connectivity index (χ3n) is 4.86. The second-order valence-electron chi connectivity index (χ2n) is 6.90. The van der Waals surface area contributed by atoms with E-state index in [9.17, 15) is 0 Å². The molecule has 3 rings (SSSR count). The van der Waals surface area contributed by atoms with Crippen LogP contribution in [0.25, 0.3) is 16.9 Å². The predicted octanol–water partition coefficient (Wildman–Crippen LogP) is 6.01. The summed E-state index contributed by atoms with van der Waals surface area (Å²) in [6.45, 7) is 4.54. The quantitative estimate of drug-likeness (QED) is 0.463. The van der Waals surface area contributed by atoms with Gasteiger partial charge < -0.3 is 0 Å². The minimum absolute atomic E-state index is 0.548. The van der Waals surface area contributed by atoms with Gasteiger partial charge >= 0.3 is 0 Å². The first kappa shape index (κ1) is 18.8. The van der Waals surface area contributed by atoms with Crippen molar-refractivity contribution in [2.24, 2.45) is 5.92 Å². The second kappa shape index (κ2) is 9.13. The van der Waals surface area contributed by atoms with Crippen molar-refractivity contribution in [3.8, 4) is 5.82 Å². The highest BCUT2D eigenvalue weighted by Gasteiger charge is 2.12. The molecule has 0 aliphatic rings. The van der Waals surface area contributed by atoms with Gasteiger partial charge in [-0.05, 0) is 24.5 Å². The average molecular weight is 371 g/mol. The van der Waals surface area contributed by atoms with Gasteiger partial charge in [-0.2, -0.15) is 0 Å². The molecule has 2 heterocycles.